The van der Waals surface area contributed by atoms with E-state index in [2.05, 4.69) is 21.9 Å². The predicted molar refractivity (Wildman–Crippen MR) is 118 cm³/mol. The lowest BCUT2D eigenvalue weighted by Gasteiger charge is -2.36. The summed E-state index contributed by atoms with van der Waals surface area (Å²) in [5.41, 5.74) is 2.98. The summed E-state index contributed by atoms with van der Waals surface area (Å²) < 4.78 is 10.5. The molecule has 0 unspecified atom stereocenters. The predicted octanol–water partition coefficient (Wildman–Crippen LogP) is 2.35. The molecule has 9 nitrogen and oxygen atoms in total. The zero-order valence-electron chi connectivity index (χ0n) is 18.2. The van der Waals surface area contributed by atoms with Gasteiger partial charge in [-0.25, -0.2) is 14.4 Å². The molecule has 0 radical (unpaired) electrons. The van der Waals surface area contributed by atoms with Crippen LogP contribution in [0.1, 0.15) is 22.8 Å². The van der Waals surface area contributed by atoms with Crippen LogP contribution in [0.15, 0.2) is 48.5 Å². The fraction of sp³-hybridized carbons (Fsp3) is 0.348. The Kier molecular flexibility index (Phi) is 9.49. The lowest BCUT2D eigenvalue weighted by molar-refractivity contribution is -0.159. The number of esters is 1. The molecular formula is C23H28N2O7. The highest BCUT2D eigenvalue weighted by Crippen LogP contribution is 2.29. The molecule has 0 spiro atoms. The molecule has 1 aliphatic rings. The summed E-state index contributed by atoms with van der Waals surface area (Å²) in [5.74, 6) is -2.98. The summed E-state index contributed by atoms with van der Waals surface area (Å²) in [7, 11) is 1.40. The number of ether oxygens (including phenoxy) is 2. The van der Waals surface area contributed by atoms with Crippen LogP contribution in [0.2, 0.25) is 0 Å². The second kappa shape index (κ2) is 12.3. The number of anilines is 1. The third kappa shape index (κ3) is 7.28. The van der Waals surface area contributed by atoms with E-state index in [0.29, 0.717) is 12.2 Å². The number of para-hydroxylation sites is 2. The van der Waals surface area contributed by atoms with Gasteiger partial charge in [0.2, 0.25) is 0 Å². The Labute approximate surface area is 186 Å². The van der Waals surface area contributed by atoms with E-state index in [1.54, 1.807) is 0 Å². The molecule has 3 rings (SSSR count). The molecule has 2 aromatic rings. The van der Waals surface area contributed by atoms with Gasteiger partial charge in [0.05, 0.1) is 25.0 Å². The number of methoxy groups -OCH3 is 1. The van der Waals surface area contributed by atoms with Crippen molar-refractivity contribution in [3.63, 3.8) is 0 Å². The van der Waals surface area contributed by atoms with Gasteiger partial charge in [-0.3, -0.25) is 4.90 Å². The molecule has 1 fully saturated rings. The van der Waals surface area contributed by atoms with Crippen LogP contribution in [0.25, 0.3) is 0 Å². The minimum absolute atomic E-state index is 0.293. The van der Waals surface area contributed by atoms with Crippen LogP contribution in [0.5, 0.6) is 5.75 Å². The summed E-state index contributed by atoms with van der Waals surface area (Å²) in [6, 6.07) is 15.9. The number of hydrogen-bond acceptors (Lipinski definition) is 7. The maximum absolute atomic E-state index is 11.5. The number of carboxylic acid groups (broad SMARTS) is 2. The number of carboxylic acids is 2. The van der Waals surface area contributed by atoms with Crippen LogP contribution < -0.4 is 9.64 Å². The molecule has 9 heteroatoms. The number of piperazine rings is 1. The van der Waals surface area contributed by atoms with E-state index in [1.807, 2.05) is 43.3 Å². The maximum Gasteiger partial charge on any atom is 0.414 e. The van der Waals surface area contributed by atoms with E-state index in [0.717, 1.165) is 38.5 Å². The number of nitrogens with zero attached hydrogens (tertiary/aromatic N) is 2. The monoisotopic (exact) mass is 444 g/mol. The van der Waals surface area contributed by atoms with Crippen LogP contribution in [0.4, 0.5) is 5.69 Å². The van der Waals surface area contributed by atoms with E-state index in [9.17, 15) is 4.79 Å². The minimum atomic E-state index is -1.82. The number of carbonyl (C=O) groups excluding carboxylic acids is 1. The van der Waals surface area contributed by atoms with E-state index >= 15 is 0 Å². The van der Waals surface area contributed by atoms with Gasteiger partial charge in [0, 0.05) is 32.7 Å². The molecule has 0 amide bonds. The average Bonchev–Trinajstić information content (AvgIpc) is 2.80. The van der Waals surface area contributed by atoms with Crippen LogP contribution >= 0.6 is 0 Å². The smallest absolute Gasteiger partial charge is 0.414 e. The molecular weight excluding hydrogens is 416 g/mol. The van der Waals surface area contributed by atoms with Gasteiger partial charge in [-0.2, -0.15) is 0 Å². The van der Waals surface area contributed by atoms with Crippen LogP contribution in [0, 0.1) is 0 Å². The molecule has 2 aromatic carbocycles. The van der Waals surface area contributed by atoms with E-state index in [-0.39, 0.29) is 5.97 Å². The summed E-state index contributed by atoms with van der Waals surface area (Å²) in [5, 5.41) is 14.8. The Hall–Kier alpha value is -3.59. The first-order chi connectivity index (χ1) is 15.3. The molecule has 0 aromatic heterocycles. The highest BCUT2D eigenvalue weighted by Gasteiger charge is 2.19. The standard InChI is InChI=1S/C21H26N2O3.C2H2O4/c1-3-26-20-7-5-4-6-19(20)23-14-12-22(13-15-23)16-17-8-10-18(11-9-17)21(24)25-2;3-1(4)2(5)6/h4-11H,3,12-16H2,1-2H3;(H,3,4)(H,5,6). The first kappa shape index (κ1) is 24.7. The zero-order chi connectivity index (χ0) is 23.5. The first-order valence-electron chi connectivity index (χ1n) is 10.2. The van der Waals surface area contributed by atoms with Gasteiger partial charge in [-0.05, 0) is 36.8 Å². The SMILES string of the molecule is CCOc1ccccc1N1CCN(Cc2ccc(C(=O)OC)cc2)CC1.O=C(O)C(=O)O. The molecule has 0 saturated carbocycles. The van der Waals surface area contributed by atoms with Crippen molar-refractivity contribution in [2.75, 3.05) is 44.8 Å². The lowest BCUT2D eigenvalue weighted by atomic mass is 10.1. The Bertz CT molecular complexity index is 895. The van der Waals surface area contributed by atoms with Gasteiger partial charge in [0.1, 0.15) is 5.75 Å². The number of rotatable bonds is 6. The summed E-state index contributed by atoms with van der Waals surface area (Å²) in [6.45, 7) is 7.54. The second-order valence-corrected chi connectivity index (χ2v) is 6.96. The fourth-order valence-corrected chi connectivity index (χ4v) is 3.27. The number of aliphatic carboxylic acids is 2. The number of hydrogen-bond donors (Lipinski definition) is 2. The van der Waals surface area contributed by atoms with E-state index in [4.69, 9.17) is 29.3 Å². The zero-order valence-corrected chi connectivity index (χ0v) is 18.2. The molecule has 2 N–H and O–H groups in total. The van der Waals surface area contributed by atoms with Crippen molar-refractivity contribution in [1.29, 1.82) is 0 Å². The molecule has 0 bridgehead atoms. The van der Waals surface area contributed by atoms with E-state index in [1.165, 1.54) is 18.4 Å². The van der Waals surface area contributed by atoms with Crippen LogP contribution in [-0.2, 0) is 20.9 Å². The normalized spacial score (nSPS) is 13.5. The van der Waals surface area contributed by atoms with Gasteiger partial charge >= 0.3 is 17.9 Å². The maximum atomic E-state index is 11.5. The third-order valence-electron chi connectivity index (χ3n) is 4.84. The Morgan fingerprint density at radius 1 is 0.906 bits per heavy atom. The van der Waals surface area contributed by atoms with Crippen molar-refractivity contribution in [3.05, 3.63) is 59.7 Å². The van der Waals surface area contributed by atoms with Gasteiger partial charge < -0.3 is 24.6 Å². The van der Waals surface area contributed by atoms with Gasteiger partial charge in [0.25, 0.3) is 0 Å². The lowest BCUT2D eigenvalue weighted by Crippen LogP contribution is -2.46. The highest BCUT2D eigenvalue weighted by atomic mass is 16.5. The summed E-state index contributed by atoms with van der Waals surface area (Å²) >= 11 is 0. The Balaban J connectivity index is 0.000000534. The molecule has 1 saturated heterocycles. The van der Waals surface area contributed by atoms with Crippen molar-refractivity contribution in [3.8, 4) is 5.75 Å². The van der Waals surface area contributed by atoms with Gasteiger partial charge in [0.15, 0.2) is 0 Å². The third-order valence-corrected chi connectivity index (χ3v) is 4.84. The summed E-state index contributed by atoms with van der Waals surface area (Å²) in [4.78, 5) is 34.5. The molecule has 0 aliphatic carbocycles. The Morgan fingerprint density at radius 3 is 2.03 bits per heavy atom. The van der Waals surface area contributed by atoms with Crippen molar-refractivity contribution < 1.29 is 34.1 Å². The van der Waals surface area contributed by atoms with Gasteiger partial charge in [-0.1, -0.05) is 24.3 Å². The largest absolute Gasteiger partial charge is 0.492 e. The molecule has 32 heavy (non-hydrogen) atoms. The Morgan fingerprint density at radius 2 is 1.50 bits per heavy atom. The number of carbonyl (C=O) groups is 3. The second-order valence-electron chi connectivity index (χ2n) is 6.96. The quantitative estimate of drug-likeness (QED) is 0.511. The molecule has 0 atom stereocenters. The van der Waals surface area contributed by atoms with Gasteiger partial charge in [-0.15, -0.1) is 0 Å². The van der Waals surface area contributed by atoms with Crippen molar-refractivity contribution in [2.24, 2.45) is 0 Å². The van der Waals surface area contributed by atoms with Crippen LogP contribution in [0.3, 0.4) is 0 Å². The fourth-order valence-electron chi connectivity index (χ4n) is 3.27. The van der Waals surface area contributed by atoms with Crippen LogP contribution in [-0.4, -0.2) is 72.9 Å². The minimum Gasteiger partial charge on any atom is -0.492 e. The average molecular weight is 444 g/mol. The number of benzene rings is 2. The molecule has 1 heterocycles. The van der Waals surface area contributed by atoms with E-state index < -0.39 is 11.9 Å². The van der Waals surface area contributed by atoms with Crippen molar-refractivity contribution in [2.45, 2.75) is 13.5 Å². The molecule has 172 valence electrons. The van der Waals surface area contributed by atoms with Crippen molar-refractivity contribution in [1.82, 2.24) is 4.90 Å². The topological polar surface area (TPSA) is 117 Å². The molecule has 1 aliphatic heterocycles. The first-order valence-corrected chi connectivity index (χ1v) is 10.2. The van der Waals surface area contributed by atoms with Crippen molar-refractivity contribution >= 4 is 23.6 Å². The highest BCUT2D eigenvalue weighted by molar-refractivity contribution is 6.27. The summed E-state index contributed by atoms with van der Waals surface area (Å²) in [6.07, 6.45) is 0.